The zero-order chi connectivity index (χ0) is 8.53. The number of rotatable bonds is 5. The van der Waals surface area contributed by atoms with Gasteiger partial charge >= 0.3 is 0 Å². The molecule has 1 heteroatoms. The van der Waals surface area contributed by atoms with Crippen molar-refractivity contribution in [1.82, 2.24) is 5.32 Å². The molecule has 0 heterocycles. The van der Waals surface area contributed by atoms with Gasteiger partial charge in [-0.3, -0.25) is 0 Å². The summed E-state index contributed by atoms with van der Waals surface area (Å²) in [5.74, 6) is 0. The summed E-state index contributed by atoms with van der Waals surface area (Å²) in [4.78, 5) is 0. The predicted molar refractivity (Wildman–Crippen MR) is 51.5 cm³/mol. The zero-order valence-electron chi connectivity index (χ0n) is 7.85. The first kappa shape index (κ1) is 10.3. The first-order chi connectivity index (χ1) is 5.35. The van der Waals surface area contributed by atoms with Crippen molar-refractivity contribution in [2.75, 3.05) is 6.54 Å². The van der Waals surface area contributed by atoms with Crippen molar-refractivity contribution in [3.63, 3.8) is 0 Å². The molecule has 0 radical (unpaired) electrons. The van der Waals surface area contributed by atoms with Crippen LogP contribution in [-0.4, -0.2) is 6.54 Å². The van der Waals surface area contributed by atoms with Gasteiger partial charge in [-0.25, -0.2) is 0 Å². The summed E-state index contributed by atoms with van der Waals surface area (Å²) in [5.41, 5.74) is 1.39. The lowest BCUT2D eigenvalue weighted by Crippen LogP contribution is -2.03. The van der Waals surface area contributed by atoms with E-state index >= 15 is 0 Å². The second-order valence-electron chi connectivity index (χ2n) is 2.53. The minimum Gasteiger partial charge on any atom is -0.391 e. The van der Waals surface area contributed by atoms with Crippen LogP contribution in [-0.2, 0) is 0 Å². The topological polar surface area (TPSA) is 12.0 Å². The fraction of sp³-hybridized carbons (Fsp3) is 0.600. The van der Waals surface area contributed by atoms with Gasteiger partial charge in [0.25, 0.3) is 0 Å². The molecule has 1 N–H and O–H groups in total. The highest BCUT2D eigenvalue weighted by Crippen LogP contribution is 2.04. The van der Waals surface area contributed by atoms with E-state index in [1.54, 1.807) is 0 Å². The van der Waals surface area contributed by atoms with Gasteiger partial charge in [0.1, 0.15) is 0 Å². The lowest BCUT2D eigenvalue weighted by atomic mass is 10.1. The monoisotopic (exact) mass is 153 g/mol. The zero-order valence-corrected chi connectivity index (χ0v) is 7.85. The molecule has 0 saturated carbocycles. The van der Waals surface area contributed by atoms with Crippen LogP contribution in [0.2, 0.25) is 0 Å². The Bertz CT molecular complexity index is 134. The second-order valence-corrected chi connectivity index (χ2v) is 2.53. The Balaban J connectivity index is 3.86. The highest BCUT2D eigenvalue weighted by molar-refractivity contribution is 5.16. The molecule has 11 heavy (non-hydrogen) atoms. The summed E-state index contributed by atoms with van der Waals surface area (Å²) in [5, 5.41) is 3.20. The van der Waals surface area contributed by atoms with E-state index in [0.717, 1.165) is 13.0 Å². The molecule has 0 atom stereocenters. The van der Waals surface area contributed by atoms with E-state index in [1.165, 1.54) is 12.0 Å². The molecule has 0 bridgehead atoms. The predicted octanol–water partition coefficient (Wildman–Crippen LogP) is 2.86. The summed E-state index contributed by atoms with van der Waals surface area (Å²) < 4.78 is 0. The molecule has 0 aromatic carbocycles. The third kappa shape index (κ3) is 5.71. The van der Waals surface area contributed by atoms with Crippen LogP contribution in [0, 0.1) is 0 Å². The molecule has 0 aliphatic carbocycles. The Morgan fingerprint density at radius 2 is 2.09 bits per heavy atom. The Morgan fingerprint density at radius 3 is 2.55 bits per heavy atom. The maximum Gasteiger partial charge on any atom is 0.0113 e. The maximum atomic E-state index is 3.20. The highest BCUT2D eigenvalue weighted by Gasteiger charge is 1.87. The van der Waals surface area contributed by atoms with Gasteiger partial charge in [0.15, 0.2) is 0 Å². The molecule has 0 amide bonds. The van der Waals surface area contributed by atoms with Gasteiger partial charge in [-0.15, -0.1) is 0 Å². The van der Waals surface area contributed by atoms with Gasteiger partial charge in [-0.2, -0.15) is 0 Å². The standard InChI is InChI=1S/C10H19N/c1-4-7-10(8-5-2)9-11-6-3/h4,7,9,11H,5-6,8H2,1-3H3/b7-4-,10-9+. The molecule has 0 fully saturated rings. The third-order valence-electron chi connectivity index (χ3n) is 1.41. The average Bonchev–Trinajstić information content (AvgIpc) is 2.01. The number of nitrogens with one attached hydrogen (secondary N) is 1. The first-order valence-electron chi connectivity index (χ1n) is 4.40. The van der Waals surface area contributed by atoms with Crippen LogP contribution >= 0.6 is 0 Å². The van der Waals surface area contributed by atoms with Crippen molar-refractivity contribution in [3.05, 3.63) is 23.9 Å². The van der Waals surface area contributed by atoms with E-state index in [0.29, 0.717) is 0 Å². The van der Waals surface area contributed by atoms with Gasteiger partial charge in [-0.05, 0) is 32.0 Å². The van der Waals surface area contributed by atoms with Gasteiger partial charge < -0.3 is 5.32 Å². The van der Waals surface area contributed by atoms with Gasteiger partial charge in [0.05, 0.1) is 0 Å². The van der Waals surface area contributed by atoms with Crippen LogP contribution in [0.4, 0.5) is 0 Å². The summed E-state index contributed by atoms with van der Waals surface area (Å²) in [7, 11) is 0. The van der Waals surface area contributed by atoms with E-state index in [1.807, 2.05) is 0 Å². The van der Waals surface area contributed by atoms with Crippen LogP contribution in [0.1, 0.15) is 33.6 Å². The molecule has 0 aliphatic rings. The fourth-order valence-corrected chi connectivity index (χ4v) is 0.940. The summed E-state index contributed by atoms with van der Waals surface area (Å²) in [6.45, 7) is 7.36. The van der Waals surface area contributed by atoms with Crippen molar-refractivity contribution < 1.29 is 0 Å². The molecular weight excluding hydrogens is 134 g/mol. The van der Waals surface area contributed by atoms with E-state index in [9.17, 15) is 0 Å². The first-order valence-corrected chi connectivity index (χ1v) is 4.40. The lowest BCUT2D eigenvalue weighted by Gasteiger charge is -1.99. The Hall–Kier alpha value is -0.720. The molecular formula is C10H19N. The molecule has 0 unspecified atom stereocenters. The molecule has 0 aromatic heterocycles. The molecule has 0 aromatic rings. The summed E-state index contributed by atoms with van der Waals surface area (Å²) in [6.07, 6.45) is 8.72. The largest absolute Gasteiger partial charge is 0.391 e. The van der Waals surface area contributed by atoms with Crippen LogP contribution in [0.25, 0.3) is 0 Å². The normalized spacial score (nSPS) is 12.5. The molecule has 0 spiro atoms. The number of hydrogen-bond acceptors (Lipinski definition) is 1. The highest BCUT2D eigenvalue weighted by atomic mass is 14.8. The Kier molecular flexibility index (Phi) is 6.90. The second kappa shape index (κ2) is 7.39. The van der Waals surface area contributed by atoms with Crippen molar-refractivity contribution in [1.29, 1.82) is 0 Å². The van der Waals surface area contributed by atoms with Gasteiger partial charge in [0.2, 0.25) is 0 Å². The van der Waals surface area contributed by atoms with Crippen LogP contribution in [0.15, 0.2) is 23.9 Å². The fourth-order valence-electron chi connectivity index (χ4n) is 0.940. The van der Waals surface area contributed by atoms with E-state index in [2.05, 4.69) is 44.4 Å². The van der Waals surface area contributed by atoms with Gasteiger partial charge in [0, 0.05) is 6.54 Å². The van der Waals surface area contributed by atoms with E-state index in [-0.39, 0.29) is 0 Å². The molecule has 0 saturated heterocycles. The maximum absolute atomic E-state index is 3.20. The lowest BCUT2D eigenvalue weighted by molar-refractivity contribution is 0.870. The number of hydrogen-bond donors (Lipinski definition) is 1. The SMILES string of the molecule is C/C=C\C(=C/NCC)CCC. The van der Waals surface area contributed by atoms with Gasteiger partial charge in [-0.1, -0.05) is 25.5 Å². The molecule has 0 aliphatic heterocycles. The summed E-state index contributed by atoms with van der Waals surface area (Å²) in [6, 6.07) is 0. The smallest absolute Gasteiger partial charge is 0.0113 e. The molecule has 1 nitrogen and oxygen atoms in total. The third-order valence-corrected chi connectivity index (χ3v) is 1.41. The molecule has 64 valence electrons. The van der Waals surface area contributed by atoms with Crippen LogP contribution in [0.3, 0.4) is 0 Å². The van der Waals surface area contributed by atoms with E-state index in [4.69, 9.17) is 0 Å². The number of allylic oxidation sites excluding steroid dienone is 3. The van der Waals surface area contributed by atoms with Crippen LogP contribution < -0.4 is 5.32 Å². The van der Waals surface area contributed by atoms with Crippen molar-refractivity contribution in [2.45, 2.75) is 33.6 Å². The van der Waals surface area contributed by atoms with Crippen molar-refractivity contribution >= 4 is 0 Å². The van der Waals surface area contributed by atoms with Crippen LogP contribution in [0.5, 0.6) is 0 Å². The Morgan fingerprint density at radius 1 is 1.36 bits per heavy atom. The average molecular weight is 153 g/mol. The quantitative estimate of drug-likeness (QED) is 0.599. The molecule has 0 rings (SSSR count). The minimum atomic E-state index is 1.00. The van der Waals surface area contributed by atoms with Crippen molar-refractivity contribution in [3.8, 4) is 0 Å². The Labute approximate surface area is 70.2 Å². The van der Waals surface area contributed by atoms with E-state index < -0.39 is 0 Å². The minimum absolute atomic E-state index is 1.00. The summed E-state index contributed by atoms with van der Waals surface area (Å²) >= 11 is 0. The van der Waals surface area contributed by atoms with Crippen molar-refractivity contribution in [2.24, 2.45) is 0 Å².